The number of hydrogen-bond acceptors (Lipinski definition) is 2. The Morgan fingerprint density at radius 3 is 2.33 bits per heavy atom. The molecule has 12 heavy (non-hydrogen) atoms. The van der Waals surface area contributed by atoms with Crippen LogP contribution in [-0.4, -0.2) is 12.4 Å². The zero-order valence-electron chi connectivity index (χ0n) is 8.39. The van der Waals surface area contributed by atoms with Gasteiger partial charge in [0.25, 0.3) is 0 Å². The predicted octanol–water partition coefficient (Wildman–Crippen LogP) is 2.18. The van der Waals surface area contributed by atoms with Crippen LogP contribution < -0.4 is 5.32 Å². The van der Waals surface area contributed by atoms with Gasteiger partial charge < -0.3 is 5.32 Å². The van der Waals surface area contributed by atoms with Crippen LogP contribution in [0.4, 0.5) is 0 Å². The second kappa shape index (κ2) is 3.74. The molecule has 2 heteroatoms. The normalized spacial score (nSPS) is 17.5. The molecular formula is C10H18N2. The summed E-state index contributed by atoms with van der Waals surface area (Å²) in [5, 5.41) is 3.15. The molecule has 0 saturated heterocycles. The van der Waals surface area contributed by atoms with E-state index in [1.165, 1.54) is 11.3 Å². The summed E-state index contributed by atoms with van der Waals surface area (Å²) in [5.41, 5.74) is 2.62. The van der Waals surface area contributed by atoms with Crippen molar-refractivity contribution in [3.63, 3.8) is 0 Å². The summed E-state index contributed by atoms with van der Waals surface area (Å²) in [4.78, 5) is 4.47. The average molecular weight is 166 g/mol. The highest BCUT2D eigenvalue weighted by Crippen LogP contribution is 2.18. The molecule has 1 aliphatic heterocycles. The second-order valence-corrected chi connectivity index (χ2v) is 3.81. The van der Waals surface area contributed by atoms with E-state index in [0.717, 1.165) is 6.67 Å². The fraction of sp³-hybridized carbons (Fsp3) is 0.700. The number of allylic oxidation sites excluding steroid dienone is 1. The Kier molecular flexibility index (Phi) is 2.90. The maximum Gasteiger partial charge on any atom is 0.107 e. The molecule has 0 bridgehead atoms. The van der Waals surface area contributed by atoms with E-state index in [9.17, 15) is 0 Å². The van der Waals surface area contributed by atoms with Crippen molar-refractivity contribution in [3.05, 3.63) is 11.8 Å². The van der Waals surface area contributed by atoms with Crippen LogP contribution in [0.3, 0.4) is 0 Å². The monoisotopic (exact) mass is 166 g/mol. The van der Waals surface area contributed by atoms with Crippen molar-refractivity contribution < 1.29 is 0 Å². The summed E-state index contributed by atoms with van der Waals surface area (Å²) in [6.07, 6.45) is 2.10. The van der Waals surface area contributed by atoms with Crippen molar-refractivity contribution in [1.82, 2.24) is 5.32 Å². The Balaban J connectivity index is 2.83. The zero-order chi connectivity index (χ0) is 9.14. The van der Waals surface area contributed by atoms with Gasteiger partial charge in [-0.3, -0.25) is 4.99 Å². The molecule has 1 heterocycles. The standard InChI is InChI=1S/C10H18N2/c1-7(2)9-5-11-6-12-10(9)8(3)4/h5,7-8,11H,6H2,1-4H3. The molecule has 0 amide bonds. The number of rotatable bonds is 2. The molecule has 0 fully saturated rings. The Morgan fingerprint density at radius 2 is 1.92 bits per heavy atom. The molecule has 0 aliphatic carbocycles. The van der Waals surface area contributed by atoms with Crippen LogP contribution in [0.1, 0.15) is 27.7 Å². The largest absolute Gasteiger partial charge is 0.372 e. The Labute approximate surface area is 74.8 Å². The van der Waals surface area contributed by atoms with E-state index in [1.807, 2.05) is 0 Å². The lowest BCUT2D eigenvalue weighted by atomic mass is 9.92. The topological polar surface area (TPSA) is 24.4 Å². The van der Waals surface area contributed by atoms with Crippen LogP contribution in [0, 0.1) is 11.8 Å². The zero-order valence-corrected chi connectivity index (χ0v) is 8.39. The molecule has 0 atom stereocenters. The third kappa shape index (κ3) is 1.87. The van der Waals surface area contributed by atoms with Crippen LogP contribution >= 0.6 is 0 Å². The van der Waals surface area contributed by atoms with Crippen molar-refractivity contribution in [1.29, 1.82) is 0 Å². The Hall–Kier alpha value is -0.790. The first-order valence-electron chi connectivity index (χ1n) is 4.61. The van der Waals surface area contributed by atoms with Gasteiger partial charge in [0, 0.05) is 11.9 Å². The van der Waals surface area contributed by atoms with Gasteiger partial charge in [0.2, 0.25) is 0 Å². The molecule has 0 aromatic heterocycles. The van der Waals surface area contributed by atoms with Gasteiger partial charge in [-0.1, -0.05) is 27.7 Å². The highest BCUT2D eigenvalue weighted by molar-refractivity contribution is 6.02. The first-order valence-corrected chi connectivity index (χ1v) is 4.61. The molecule has 1 rings (SSSR count). The van der Waals surface area contributed by atoms with Crippen molar-refractivity contribution in [2.75, 3.05) is 6.67 Å². The molecule has 1 N–H and O–H groups in total. The first kappa shape index (κ1) is 9.30. The minimum atomic E-state index is 0.542. The molecule has 0 spiro atoms. The number of hydrogen-bond donors (Lipinski definition) is 1. The average Bonchev–Trinajstić information content (AvgIpc) is 2.04. The molecule has 0 radical (unpaired) electrons. The molecule has 1 aliphatic rings. The van der Waals surface area contributed by atoms with Crippen molar-refractivity contribution in [2.24, 2.45) is 16.8 Å². The van der Waals surface area contributed by atoms with Gasteiger partial charge in [-0.05, 0) is 17.4 Å². The fourth-order valence-electron chi connectivity index (χ4n) is 1.43. The van der Waals surface area contributed by atoms with Gasteiger partial charge >= 0.3 is 0 Å². The predicted molar refractivity (Wildman–Crippen MR) is 53.2 cm³/mol. The van der Waals surface area contributed by atoms with Gasteiger partial charge in [-0.25, -0.2) is 0 Å². The number of nitrogens with one attached hydrogen (secondary N) is 1. The minimum Gasteiger partial charge on any atom is -0.372 e. The Morgan fingerprint density at radius 1 is 1.25 bits per heavy atom. The van der Waals surface area contributed by atoms with Gasteiger partial charge in [-0.2, -0.15) is 0 Å². The quantitative estimate of drug-likeness (QED) is 0.668. The van der Waals surface area contributed by atoms with E-state index in [1.54, 1.807) is 0 Å². The lowest BCUT2D eigenvalue weighted by molar-refractivity contribution is 0.727. The SMILES string of the molecule is CC(C)C1=CNCN=C1C(C)C. The van der Waals surface area contributed by atoms with E-state index >= 15 is 0 Å². The van der Waals surface area contributed by atoms with E-state index in [4.69, 9.17) is 0 Å². The van der Waals surface area contributed by atoms with Gasteiger partial charge in [0.15, 0.2) is 0 Å². The molecule has 0 aromatic rings. The number of nitrogens with zero attached hydrogens (tertiary/aromatic N) is 1. The highest BCUT2D eigenvalue weighted by Gasteiger charge is 2.16. The summed E-state index contributed by atoms with van der Waals surface area (Å²) in [5.74, 6) is 1.11. The molecule has 0 aromatic carbocycles. The summed E-state index contributed by atoms with van der Waals surface area (Å²) < 4.78 is 0. The second-order valence-electron chi connectivity index (χ2n) is 3.81. The van der Waals surface area contributed by atoms with Gasteiger partial charge in [-0.15, -0.1) is 0 Å². The molecule has 0 unspecified atom stereocenters. The first-order chi connectivity index (χ1) is 5.63. The summed E-state index contributed by atoms with van der Waals surface area (Å²) in [7, 11) is 0. The van der Waals surface area contributed by atoms with Crippen LogP contribution in [0.15, 0.2) is 16.8 Å². The van der Waals surface area contributed by atoms with E-state index < -0.39 is 0 Å². The van der Waals surface area contributed by atoms with Crippen molar-refractivity contribution in [3.8, 4) is 0 Å². The summed E-state index contributed by atoms with van der Waals surface area (Å²) >= 11 is 0. The number of aliphatic imine (C=N–C) groups is 1. The van der Waals surface area contributed by atoms with Crippen LogP contribution in [0.2, 0.25) is 0 Å². The van der Waals surface area contributed by atoms with Gasteiger partial charge in [0.05, 0.1) is 0 Å². The third-order valence-electron chi connectivity index (χ3n) is 2.06. The van der Waals surface area contributed by atoms with Crippen LogP contribution in [-0.2, 0) is 0 Å². The van der Waals surface area contributed by atoms with Crippen LogP contribution in [0.25, 0.3) is 0 Å². The molecule has 0 saturated carbocycles. The lowest BCUT2D eigenvalue weighted by Gasteiger charge is -2.21. The fourth-order valence-corrected chi connectivity index (χ4v) is 1.43. The van der Waals surface area contributed by atoms with E-state index in [-0.39, 0.29) is 0 Å². The lowest BCUT2D eigenvalue weighted by Crippen LogP contribution is -2.24. The molecular weight excluding hydrogens is 148 g/mol. The maximum absolute atomic E-state index is 4.47. The van der Waals surface area contributed by atoms with E-state index in [2.05, 4.69) is 44.2 Å². The summed E-state index contributed by atoms with van der Waals surface area (Å²) in [6, 6.07) is 0. The molecule has 2 nitrogen and oxygen atoms in total. The maximum atomic E-state index is 4.47. The Bertz CT molecular complexity index is 188. The van der Waals surface area contributed by atoms with E-state index in [0.29, 0.717) is 11.8 Å². The van der Waals surface area contributed by atoms with Crippen molar-refractivity contribution >= 4 is 5.71 Å². The smallest absolute Gasteiger partial charge is 0.107 e. The van der Waals surface area contributed by atoms with Crippen LogP contribution in [0.5, 0.6) is 0 Å². The molecule has 68 valence electrons. The summed E-state index contributed by atoms with van der Waals surface area (Å²) in [6.45, 7) is 9.54. The third-order valence-corrected chi connectivity index (χ3v) is 2.06. The van der Waals surface area contributed by atoms with Gasteiger partial charge in [0.1, 0.15) is 6.67 Å². The highest BCUT2D eigenvalue weighted by atomic mass is 15.0. The minimum absolute atomic E-state index is 0.542. The van der Waals surface area contributed by atoms with Crippen molar-refractivity contribution in [2.45, 2.75) is 27.7 Å².